The van der Waals surface area contributed by atoms with Crippen molar-refractivity contribution in [3.63, 3.8) is 0 Å². The van der Waals surface area contributed by atoms with Crippen molar-refractivity contribution in [2.45, 2.75) is 4.90 Å². The molecule has 2 heterocycles. The number of hydrogen-bond donors (Lipinski definition) is 1. The fraction of sp³-hybridized carbons (Fsp3) is 0.0526. The standard InChI is InChI=1S/C19H14N6O3S2/c1-25-16(8-9-22-25)15-4-2-3-5-18(15)28-17-7-6-14(10-13(17)11-20)30(26,27)24-19-21-12-23-29-19/h2-10,12H,1H3,(H,21,23,24). The summed E-state index contributed by atoms with van der Waals surface area (Å²) < 4.78 is 38.9. The molecule has 0 amide bonds. The van der Waals surface area contributed by atoms with Crippen molar-refractivity contribution < 1.29 is 13.2 Å². The Bertz CT molecular complexity index is 1340. The van der Waals surface area contributed by atoms with Crippen molar-refractivity contribution in [2.75, 3.05) is 4.72 Å². The number of ether oxygens (including phenoxy) is 1. The van der Waals surface area contributed by atoms with E-state index in [0.29, 0.717) is 5.75 Å². The van der Waals surface area contributed by atoms with Gasteiger partial charge in [0, 0.05) is 30.3 Å². The highest BCUT2D eigenvalue weighted by Gasteiger charge is 2.19. The number of nitriles is 1. The van der Waals surface area contributed by atoms with Crippen LogP contribution in [0.3, 0.4) is 0 Å². The minimum absolute atomic E-state index is 0.0787. The molecule has 2 aromatic heterocycles. The molecule has 0 radical (unpaired) electrons. The third kappa shape index (κ3) is 3.86. The first kappa shape index (κ1) is 19.6. The van der Waals surface area contributed by atoms with E-state index in [-0.39, 0.29) is 21.3 Å². The second-order valence-electron chi connectivity index (χ2n) is 6.06. The highest BCUT2D eigenvalue weighted by atomic mass is 32.2. The second kappa shape index (κ2) is 7.94. The molecule has 11 heteroatoms. The molecular weight excluding hydrogens is 424 g/mol. The highest BCUT2D eigenvalue weighted by Crippen LogP contribution is 2.35. The van der Waals surface area contributed by atoms with Crippen molar-refractivity contribution in [1.29, 1.82) is 5.26 Å². The number of aromatic nitrogens is 4. The van der Waals surface area contributed by atoms with Crippen LogP contribution in [0.4, 0.5) is 5.13 Å². The van der Waals surface area contributed by atoms with Crippen LogP contribution >= 0.6 is 11.5 Å². The minimum Gasteiger partial charge on any atom is -0.455 e. The Morgan fingerprint density at radius 2 is 2.00 bits per heavy atom. The molecule has 0 aliphatic carbocycles. The van der Waals surface area contributed by atoms with Crippen molar-refractivity contribution in [3.05, 3.63) is 66.6 Å². The van der Waals surface area contributed by atoms with E-state index in [1.54, 1.807) is 16.9 Å². The first-order chi connectivity index (χ1) is 14.5. The number of sulfonamides is 1. The zero-order chi connectivity index (χ0) is 21.1. The van der Waals surface area contributed by atoms with E-state index in [1.807, 2.05) is 37.4 Å². The quantitative estimate of drug-likeness (QED) is 0.489. The Morgan fingerprint density at radius 1 is 1.17 bits per heavy atom. The van der Waals surface area contributed by atoms with Crippen LogP contribution in [-0.4, -0.2) is 27.6 Å². The van der Waals surface area contributed by atoms with Gasteiger partial charge in [0.25, 0.3) is 10.0 Å². The van der Waals surface area contributed by atoms with Crippen LogP contribution in [0.15, 0.2) is 66.0 Å². The third-order valence-electron chi connectivity index (χ3n) is 4.17. The predicted molar refractivity (Wildman–Crippen MR) is 111 cm³/mol. The molecule has 1 N–H and O–H groups in total. The maximum atomic E-state index is 12.6. The number of nitrogens with one attached hydrogen (secondary N) is 1. The van der Waals surface area contributed by atoms with Crippen LogP contribution in [0.25, 0.3) is 11.3 Å². The molecule has 0 unspecified atom stereocenters. The normalized spacial score (nSPS) is 11.1. The number of hydrogen-bond acceptors (Lipinski definition) is 8. The van der Waals surface area contributed by atoms with E-state index >= 15 is 0 Å². The average molecular weight is 438 g/mol. The lowest BCUT2D eigenvalue weighted by atomic mass is 10.1. The monoisotopic (exact) mass is 438 g/mol. The molecule has 0 bridgehead atoms. The summed E-state index contributed by atoms with van der Waals surface area (Å²) >= 11 is 0.913. The molecule has 2 aromatic carbocycles. The third-order valence-corrected chi connectivity index (χ3v) is 6.21. The molecule has 150 valence electrons. The molecule has 0 saturated heterocycles. The molecule has 0 spiro atoms. The number of anilines is 1. The van der Waals surface area contributed by atoms with Gasteiger partial charge in [0.15, 0.2) is 0 Å². The lowest BCUT2D eigenvalue weighted by Gasteiger charge is -2.13. The lowest BCUT2D eigenvalue weighted by molar-refractivity contribution is 0.481. The van der Waals surface area contributed by atoms with Gasteiger partial charge < -0.3 is 4.74 Å². The number of benzene rings is 2. The summed E-state index contributed by atoms with van der Waals surface area (Å²) in [6.07, 6.45) is 2.93. The first-order valence-electron chi connectivity index (χ1n) is 8.57. The largest absolute Gasteiger partial charge is 0.455 e. The summed E-state index contributed by atoms with van der Waals surface area (Å²) in [5, 5.41) is 13.9. The molecule has 4 rings (SSSR count). The van der Waals surface area contributed by atoms with Crippen molar-refractivity contribution >= 4 is 26.7 Å². The first-order valence-corrected chi connectivity index (χ1v) is 10.8. The fourth-order valence-corrected chi connectivity index (χ4v) is 4.46. The van der Waals surface area contributed by atoms with Gasteiger partial charge in [-0.3, -0.25) is 9.40 Å². The lowest BCUT2D eigenvalue weighted by Crippen LogP contribution is -2.13. The van der Waals surface area contributed by atoms with Gasteiger partial charge in [-0.25, -0.2) is 13.4 Å². The van der Waals surface area contributed by atoms with Gasteiger partial charge in [-0.2, -0.15) is 14.7 Å². The Balaban J connectivity index is 1.68. The Labute approximate surface area is 176 Å². The second-order valence-corrected chi connectivity index (χ2v) is 8.52. The highest BCUT2D eigenvalue weighted by molar-refractivity contribution is 7.93. The average Bonchev–Trinajstić information content (AvgIpc) is 3.40. The SMILES string of the molecule is Cn1nccc1-c1ccccc1Oc1ccc(S(=O)(=O)Nc2ncns2)cc1C#N. The van der Waals surface area contributed by atoms with E-state index in [2.05, 4.69) is 19.2 Å². The fourth-order valence-electron chi connectivity index (χ4n) is 2.77. The van der Waals surface area contributed by atoms with Crippen molar-refractivity contribution in [3.8, 4) is 28.8 Å². The maximum Gasteiger partial charge on any atom is 0.263 e. The van der Waals surface area contributed by atoms with Crippen LogP contribution in [0.1, 0.15) is 5.56 Å². The number of rotatable bonds is 6. The number of aryl methyl sites for hydroxylation is 1. The van der Waals surface area contributed by atoms with Gasteiger partial charge in [0.1, 0.15) is 23.9 Å². The van der Waals surface area contributed by atoms with Crippen LogP contribution in [0.2, 0.25) is 0 Å². The van der Waals surface area contributed by atoms with Gasteiger partial charge in [-0.05, 0) is 36.4 Å². The summed E-state index contributed by atoms with van der Waals surface area (Å²) in [6.45, 7) is 0. The summed E-state index contributed by atoms with van der Waals surface area (Å²) in [7, 11) is -2.10. The molecule has 4 aromatic rings. The summed E-state index contributed by atoms with van der Waals surface area (Å²) in [6, 6.07) is 15.2. The molecule has 0 aliphatic heterocycles. The van der Waals surface area contributed by atoms with Crippen LogP contribution in [0.5, 0.6) is 11.5 Å². The Morgan fingerprint density at radius 3 is 2.70 bits per heavy atom. The summed E-state index contributed by atoms with van der Waals surface area (Å²) in [4.78, 5) is 3.72. The summed E-state index contributed by atoms with van der Waals surface area (Å²) in [5.41, 5.74) is 1.70. The molecule has 0 saturated carbocycles. The van der Waals surface area contributed by atoms with Gasteiger partial charge in [-0.15, -0.1) is 0 Å². The molecule has 9 nitrogen and oxygen atoms in total. The molecule has 30 heavy (non-hydrogen) atoms. The van der Waals surface area contributed by atoms with E-state index in [4.69, 9.17) is 4.74 Å². The Kier molecular flexibility index (Phi) is 5.18. The van der Waals surface area contributed by atoms with Gasteiger partial charge in [0.05, 0.1) is 16.2 Å². The van der Waals surface area contributed by atoms with E-state index < -0.39 is 10.0 Å². The van der Waals surface area contributed by atoms with Crippen molar-refractivity contribution in [1.82, 2.24) is 19.1 Å². The van der Waals surface area contributed by atoms with Gasteiger partial charge >= 0.3 is 0 Å². The summed E-state index contributed by atoms with van der Waals surface area (Å²) in [5.74, 6) is 0.752. The number of para-hydroxylation sites is 1. The van der Waals surface area contributed by atoms with E-state index in [1.165, 1.54) is 24.5 Å². The maximum absolute atomic E-state index is 12.6. The van der Waals surface area contributed by atoms with Crippen LogP contribution < -0.4 is 9.46 Å². The van der Waals surface area contributed by atoms with E-state index in [0.717, 1.165) is 22.8 Å². The van der Waals surface area contributed by atoms with Crippen LogP contribution in [0, 0.1) is 11.3 Å². The molecular formula is C19H14N6O3S2. The minimum atomic E-state index is -3.92. The molecule has 0 fully saturated rings. The Hall–Kier alpha value is -3.75. The molecule has 0 atom stereocenters. The zero-order valence-corrected chi connectivity index (χ0v) is 17.2. The van der Waals surface area contributed by atoms with Gasteiger partial charge in [-0.1, -0.05) is 12.1 Å². The topological polar surface area (TPSA) is 123 Å². The number of nitrogens with zero attached hydrogens (tertiary/aromatic N) is 5. The van der Waals surface area contributed by atoms with Crippen molar-refractivity contribution in [2.24, 2.45) is 7.05 Å². The van der Waals surface area contributed by atoms with Crippen LogP contribution in [-0.2, 0) is 17.1 Å². The molecule has 0 aliphatic rings. The zero-order valence-electron chi connectivity index (χ0n) is 15.6. The van der Waals surface area contributed by atoms with E-state index in [9.17, 15) is 13.7 Å². The van der Waals surface area contributed by atoms with Gasteiger partial charge in [0.2, 0.25) is 5.13 Å². The predicted octanol–water partition coefficient (Wildman–Crippen LogP) is 3.40. The smallest absolute Gasteiger partial charge is 0.263 e.